The molecular formula is C15H17N5. The van der Waals surface area contributed by atoms with E-state index in [0.717, 1.165) is 22.4 Å². The van der Waals surface area contributed by atoms with Crippen molar-refractivity contribution >= 4 is 16.7 Å². The predicted molar refractivity (Wildman–Crippen MR) is 79.5 cm³/mol. The number of hydrogen-bond donors (Lipinski definition) is 1. The van der Waals surface area contributed by atoms with Crippen LogP contribution in [0.1, 0.15) is 16.8 Å². The molecule has 0 fully saturated rings. The van der Waals surface area contributed by atoms with Crippen LogP contribution in [0.25, 0.3) is 10.9 Å². The number of rotatable bonds is 3. The number of hydrogen-bond acceptors (Lipinski definition) is 4. The molecule has 3 aromatic rings. The predicted octanol–water partition coefficient (Wildman–Crippen LogP) is 2.59. The van der Waals surface area contributed by atoms with Crippen LogP contribution in [0.2, 0.25) is 0 Å². The van der Waals surface area contributed by atoms with Crippen molar-refractivity contribution in [2.24, 2.45) is 7.05 Å². The molecule has 0 spiro atoms. The van der Waals surface area contributed by atoms with Crippen LogP contribution >= 0.6 is 0 Å². The third kappa shape index (κ3) is 2.22. The zero-order valence-electron chi connectivity index (χ0n) is 11.9. The lowest BCUT2D eigenvalue weighted by Crippen LogP contribution is -2.04. The van der Waals surface area contributed by atoms with E-state index in [9.17, 15) is 0 Å². The first-order valence-electron chi connectivity index (χ1n) is 6.58. The first-order valence-corrected chi connectivity index (χ1v) is 6.58. The summed E-state index contributed by atoms with van der Waals surface area (Å²) in [6.07, 6.45) is 3.48. The number of anilines is 1. The fourth-order valence-corrected chi connectivity index (χ4v) is 2.21. The monoisotopic (exact) mass is 267 g/mol. The molecule has 0 saturated heterocycles. The van der Waals surface area contributed by atoms with Gasteiger partial charge in [-0.2, -0.15) is 5.10 Å². The molecule has 0 saturated carbocycles. The van der Waals surface area contributed by atoms with Crippen molar-refractivity contribution in [2.75, 3.05) is 5.32 Å². The quantitative estimate of drug-likeness (QED) is 0.792. The number of fused-ring (bicyclic) bond motifs is 1. The van der Waals surface area contributed by atoms with Gasteiger partial charge >= 0.3 is 0 Å². The van der Waals surface area contributed by atoms with E-state index in [0.29, 0.717) is 6.54 Å². The highest BCUT2D eigenvalue weighted by Gasteiger charge is 2.06. The van der Waals surface area contributed by atoms with Gasteiger partial charge in [-0.1, -0.05) is 11.6 Å². The van der Waals surface area contributed by atoms with Crippen LogP contribution in [0.4, 0.5) is 5.82 Å². The molecule has 0 amide bonds. The van der Waals surface area contributed by atoms with Crippen LogP contribution in [-0.2, 0) is 13.6 Å². The van der Waals surface area contributed by atoms with Gasteiger partial charge < -0.3 is 5.32 Å². The Bertz CT molecular complexity index is 760. The summed E-state index contributed by atoms with van der Waals surface area (Å²) in [5.41, 5.74) is 4.49. The van der Waals surface area contributed by atoms with E-state index >= 15 is 0 Å². The molecule has 1 aromatic carbocycles. The van der Waals surface area contributed by atoms with E-state index in [-0.39, 0.29) is 0 Å². The second-order valence-corrected chi connectivity index (χ2v) is 4.98. The largest absolute Gasteiger partial charge is 0.365 e. The second-order valence-electron chi connectivity index (χ2n) is 4.98. The summed E-state index contributed by atoms with van der Waals surface area (Å²) in [7, 11) is 1.95. The molecule has 20 heavy (non-hydrogen) atoms. The Morgan fingerprint density at radius 1 is 1.20 bits per heavy atom. The number of nitrogens with one attached hydrogen (secondary N) is 1. The van der Waals surface area contributed by atoms with Gasteiger partial charge in [0.1, 0.15) is 12.1 Å². The zero-order chi connectivity index (χ0) is 14.1. The first kappa shape index (κ1) is 12.6. The molecule has 0 radical (unpaired) electrons. The van der Waals surface area contributed by atoms with Gasteiger partial charge in [-0.25, -0.2) is 9.97 Å². The summed E-state index contributed by atoms with van der Waals surface area (Å²) in [6.45, 7) is 4.84. The van der Waals surface area contributed by atoms with E-state index in [1.807, 2.05) is 24.0 Å². The molecule has 2 aromatic heterocycles. The Balaban J connectivity index is 1.91. The Labute approximate surface area is 117 Å². The van der Waals surface area contributed by atoms with E-state index in [1.165, 1.54) is 11.1 Å². The lowest BCUT2D eigenvalue weighted by molar-refractivity contribution is 0.738. The summed E-state index contributed by atoms with van der Waals surface area (Å²) in [6, 6.07) is 6.19. The van der Waals surface area contributed by atoms with Crippen LogP contribution in [0.5, 0.6) is 0 Å². The Morgan fingerprint density at radius 3 is 2.80 bits per heavy atom. The van der Waals surface area contributed by atoms with Crippen LogP contribution in [0, 0.1) is 13.8 Å². The summed E-state index contributed by atoms with van der Waals surface area (Å²) in [4.78, 5) is 8.64. The minimum absolute atomic E-state index is 0.708. The molecule has 0 atom stereocenters. The Kier molecular flexibility index (Phi) is 3.10. The summed E-state index contributed by atoms with van der Waals surface area (Å²) >= 11 is 0. The molecule has 0 aliphatic carbocycles. The van der Waals surface area contributed by atoms with Gasteiger partial charge in [0.2, 0.25) is 0 Å². The highest BCUT2D eigenvalue weighted by Crippen LogP contribution is 2.21. The van der Waals surface area contributed by atoms with Gasteiger partial charge in [0.25, 0.3) is 0 Å². The maximum Gasteiger partial charge on any atom is 0.137 e. The van der Waals surface area contributed by atoms with Gasteiger partial charge in [-0.3, -0.25) is 4.68 Å². The van der Waals surface area contributed by atoms with Crippen LogP contribution in [-0.4, -0.2) is 19.7 Å². The highest BCUT2D eigenvalue weighted by molar-refractivity contribution is 5.89. The third-order valence-corrected chi connectivity index (χ3v) is 3.57. The topological polar surface area (TPSA) is 55.6 Å². The third-order valence-electron chi connectivity index (χ3n) is 3.57. The van der Waals surface area contributed by atoms with Crippen molar-refractivity contribution in [3.05, 3.63) is 47.5 Å². The molecule has 0 bridgehead atoms. The lowest BCUT2D eigenvalue weighted by Gasteiger charge is -2.08. The highest BCUT2D eigenvalue weighted by atomic mass is 15.3. The average Bonchev–Trinajstić information content (AvgIpc) is 2.76. The van der Waals surface area contributed by atoms with Crippen LogP contribution < -0.4 is 5.32 Å². The van der Waals surface area contributed by atoms with Crippen molar-refractivity contribution in [2.45, 2.75) is 20.4 Å². The van der Waals surface area contributed by atoms with E-state index < -0.39 is 0 Å². The van der Waals surface area contributed by atoms with Crippen molar-refractivity contribution in [1.29, 1.82) is 0 Å². The molecule has 0 unspecified atom stereocenters. The van der Waals surface area contributed by atoms with E-state index in [2.05, 4.69) is 46.4 Å². The molecule has 5 nitrogen and oxygen atoms in total. The maximum absolute atomic E-state index is 4.35. The molecule has 102 valence electrons. The first-order chi connectivity index (χ1) is 9.65. The fraction of sp³-hybridized carbons (Fsp3) is 0.267. The number of benzene rings is 1. The van der Waals surface area contributed by atoms with Gasteiger partial charge in [0.05, 0.1) is 11.7 Å². The number of aromatic nitrogens is 4. The summed E-state index contributed by atoms with van der Waals surface area (Å²) < 4.78 is 1.87. The molecular weight excluding hydrogens is 250 g/mol. The maximum atomic E-state index is 4.35. The standard InChI is InChI=1S/C15H17N5/c1-10-4-5-14-13(6-10)15(18-9-17-14)16-7-12-8-19-20(3)11(12)2/h4-6,8-9H,7H2,1-3H3,(H,16,17,18). The van der Waals surface area contributed by atoms with Crippen molar-refractivity contribution in [3.63, 3.8) is 0 Å². The summed E-state index contributed by atoms with van der Waals surface area (Å²) in [5, 5.41) is 8.68. The molecule has 0 aliphatic heterocycles. The van der Waals surface area contributed by atoms with Crippen LogP contribution in [0.3, 0.4) is 0 Å². The molecule has 5 heteroatoms. The molecule has 2 heterocycles. The van der Waals surface area contributed by atoms with Crippen molar-refractivity contribution in [3.8, 4) is 0 Å². The van der Waals surface area contributed by atoms with Crippen molar-refractivity contribution < 1.29 is 0 Å². The van der Waals surface area contributed by atoms with Crippen LogP contribution in [0.15, 0.2) is 30.7 Å². The van der Waals surface area contributed by atoms with Gasteiger partial charge in [-0.15, -0.1) is 0 Å². The Morgan fingerprint density at radius 2 is 2.05 bits per heavy atom. The number of aryl methyl sites for hydroxylation is 2. The van der Waals surface area contributed by atoms with Gasteiger partial charge in [0, 0.05) is 30.2 Å². The average molecular weight is 267 g/mol. The normalized spacial score (nSPS) is 10.9. The van der Waals surface area contributed by atoms with Crippen molar-refractivity contribution in [1.82, 2.24) is 19.7 Å². The molecule has 3 rings (SSSR count). The van der Waals surface area contributed by atoms with E-state index in [4.69, 9.17) is 0 Å². The van der Waals surface area contributed by atoms with Gasteiger partial charge in [-0.05, 0) is 26.0 Å². The minimum atomic E-state index is 0.708. The smallest absolute Gasteiger partial charge is 0.137 e. The lowest BCUT2D eigenvalue weighted by atomic mass is 10.1. The Hall–Kier alpha value is -2.43. The molecule has 1 N–H and O–H groups in total. The molecule has 0 aliphatic rings. The SMILES string of the molecule is Cc1ccc2ncnc(NCc3cnn(C)c3C)c2c1. The zero-order valence-corrected chi connectivity index (χ0v) is 11.9. The minimum Gasteiger partial charge on any atom is -0.365 e. The fourth-order valence-electron chi connectivity index (χ4n) is 2.21. The summed E-state index contributed by atoms with van der Waals surface area (Å²) in [5.74, 6) is 0.863. The van der Waals surface area contributed by atoms with Gasteiger partial charge in [0.15, 0.2) is 0 Å². The second kappa shape index (κ2) is 4.92. The number of nitrogens with zero attached hydrogens (tertiary/aromatic N) is 4. The van der Waals surface area contributed by atoms with E-state index in [1.54, 1.807) is 6.33 Å².